The van der Waals surface area contributed by atoms with Gasteiger partial charge in [0.15, 0.2) is 0 Å². The van der Waals surface area contributed by atoms with E-state index in [1.807, 2.05) is 0 Å². The van der Waals surface area contributed by atoms with Gasteiger partial charge >= 0.3 is 0 Å². The Bertz CT molecular complexity index is 2860. The third kappa shape index (κ3) is 3.75. The molecule has 0 radical (unpaired) electrons. The van der Waals surface area contributed by atoms with Crippen molar-refractivity contribution in [3.05, 3.63) is 210 Å². The summed E-state index contributed by atoms with van der Waals surface area (Å²) in [5.41, 5.74) is 16.3. The van der Waals surface area contributed by atoms with Crippen LogP contribution >= 0.6 is 0 Å². The van der Waals surface area contributed by atoms with Crippen molar-refractivity contribution in [1.82, 2.24) is 4.57 Å². The molecule has 0 aliphatic carbocycles. The number of ether oxygens (including phenoxy) is 1. The number of hydrogen-bond acceptors (Lipinski definition) is 1. The van der Waals surface area contributed by atoms with Crippen molar-refractivity contribution in [2.75, 3.05) is 0 Å². The van der Waals surface area contributed by atoms with Crippen LogP contribution in [0.25, 0.3) is 27.5 Å². The van der Waals surface area contributed by atoms with Crippen molar-refractivity contribution >= 4 is 68.0 Å². The van der Waals surface area contributed by atoms with E-state index in [4.69, 9.17) is 4.74 Å². The SMILES string of the molecule is c1ccc2c(c1)Oc1cccc3c1B2c1ccccc1C31c2ccccc2B(c2ccc(-n3c4ccccc4c4ccccc43)cc2)c2ccccc21. The lowest BCUT2D eigenvalue weighted by atomic mass is 9.26. The first-order valence-electron chi connectivity index (χ1n) is 18.6. The van der Waals surface area contributed by atoms with E-state index in [0.29, 0.717) is 0 Å². The molecule has 9 aromatic rings. The summed E-state index contributed by atoms with van der Waals surface area (Å²) in [5, 5.41) is 2.55. The maximum absolute atomic E-state index is 6.73. The Morgan fingerprint density at radius 1 is 0.377 bits per heavy atom. The van der Waals surface area contributed by atoms with Crippen molar-refractivity contribution < 1.29 is 4.74 Å². The van der Waals surface area contributed by atoms with Crippen molar-refractivity contribution in [3.63, 3.8) is 0 Å². The Hall–Kier alpha value is -6.51. The number of aromatic nitrogens is 1. The maximum atomic E-state index is 6.73. The Morgan fingerprint density at radius 2 is 0.849 bits per heavy atom. The van der Waals surface area contributed by atoms with Gasteiger partial charge in [0.25, 0.3) is 6.71 Å². The molecule has 0 bridgehead atoms. The number of benzene rings is 8. The second kappa shape index (κ2) is 10.8. The Balaban J connectivity index is 1.10. The van der Waals surface area contributed by atoms with Gasteiger partial charge in [0.05, 0.1) is 16.4 Å². The van der Waals surface area contributed by atoms with E-state index in [1.54, 1.807) is 0 Å². The Morgan fingerprint density at radius 3 is 1.47 bits per heavy atom. The molecule has 3 aliphatic heterocycles. The first kappa shape index (κ1) is 29.1. The molecule has 0 unspecified atom stereocenters. The predicted molar refractivity (Wildman–Crippen MR) is 221 cm³/mol. The Labute approximate surface area is 309 Å². The molecule has 0 fully saturated rings. The van der Waals surface area contributed by atoms with Crippen LogP contribution in [-0.2, 0) is 5.41 Å². The summed E-state index contributed by atoms with van der Waals surface area (Å²) in [6.07, 6.45) is 0. The number of fused-ring (bicyclic) bond motifs is 13. The smallest absolute Gasteiger partial charge is 0.251 e. The fraction of sp³-hybridized carbons (Fsp3) is 0.0204. The van der Waals surface area contributed by atoms with Gasteiger partial charge in [-0.3, -0.25) is 0 Å². The third-order valence-electron chi connectivity index (χ3n) is 12.3. The molecule has 4 heteroatoms. The number of para-hydroxylation sites is 3. The van der Waals surface area contributed by atoms with Crippen LogP contribution in [-0.4, -0.2) is 18.0 Å². The first-order valence-corrected chi connectivity index (χ1v) is 18.6. The van der Waals surface area contributed by atoms with E-state index in [-0.39, 0.29) is 13.4 Å². The molecule has 0 atom stereocenters. The summed E-state index contributed by atoms with van der Waals surface area (Å²) in [7, 11) is 0. The second-order valence-electron chi connectivity index (χ2n) is 14.7. The van der Waals surface area contributed by atoms with Gasteiger partial charge in [0.1, 0.15) is 11.5 Å². The molecule has 0 saturated carbocycles. The topological polar surface area (TPSA) is 14.2 Å². The minimum absolute atomic E-state index is 0.0709. The van der Waals surface area contributed by atoms with Gasteiger partial charge in [-0.1, -0.05) is 174 Å². The van der Waals surface area contributed by atoms with Gasteiger partial charge in [-0.05, 0) is 69.6 Å². The monoisotopic (exact) mass is 671 g/mol. The van der Waals surface area contributed by atoms with E-state index in [2.05, 4.69) is 193 Å². The highest BCUT2D eigenvalue weighted by atomic mass is 16.5. The average molecular weight is 671 g/mol. The van der Waals surface area contributed by atoms with Gasteiger partial charge < -0.3 is 9.30 Å². The Kier molecular flexibility index (Phi) is 5.91. The molecule has 8 aromatic carbocycles. The zero-order valence-electron chi connectivity index (χ0n) is 28.9. The van der Waals surface area contributed by atoms with Crippen LogP contribution in [0.1, 0.15) is 22.3 Å². The predicted octanol–water partition coefficient (Wildman–Crippen LogP) is 6.93. The van der Waals surface area contributed by atoms with Crippen LogP contribution < -0.4 is 37.5 Å². The third-order valence-corrected chi connectivity index (χ3v) is 12.3. The molecule has 1 aromatic heterocycles. The summed E-state index contributed by atoms with van der Waals surface area (Å²) in [4.78, 5) is 0. The van der Waals surface area contributed by atoms with Crippen molar-refractivity contribution in [1.29, 1.82) is 0 Å². The normalized spacial score (nSPS) is 14.3. The molecule has 1 spiro atoms. The van der Waals surface area contributed by atoms with Crippen molar-refractivity contribution in [2.24, 2.45) is 0 Å². The molecule has 53 heavy (non-hydrogen) atoms. The summed E-state index contributed by atoms with van der Waals surface area (Å²) in [6, 6.07) is 69.7. The molecule has 2 nitrogen and oxygen atoms in total. The van der Waals surface area contributed by atoms with E-state index < -0.39 is 5.41 Å². The van der Waals surface area contributed by atoms with E-state index in [9.17, 15) is 0 Å². The van der Waals surface area contributed by atoms with Crippen LogP contribution in [0, 0.1) is 0 Å². The summed E-state index contributed by atoms with van der Waals surface area (Å²) >= 11 is 0. The van der Waals surface area contributed by atoms with Crippen molar-refractivity contribution in [2.45, 2.75) is 5.41 Å². The largest absolute Gasteiger partial charge is 0.458 e. The average Bonchev–Trinajstić information content (AvgIpc) is 3.56. The van der Waals surface area contributed by atoms with Crippen LogP contribution in [0.4, 0.5) is 0 Å². The fourth-order valence-corrected chi connectivity index (χ4v) is 10.4. The highest BCUT2D eigenvalue weighted by Gasteiger charge is 2.54. The lowest BCUT2D eigenvalue weighted by Crippen LogP contribution is -2.68. The van der Waals surface area contributed by atoms with Crippen LogP contribution in [0.5, 0.6) is 11.5 Å². The lowest BCUT2D eigenvalue weighted by molar-refractivity contribution is 0.486. The van der Waals surface area contributed by atoms with Gasteiger partial charge in [-0.2, -0.15) is 0 Å². The zero-order valence-corrected chi connectivity index (χ0v) is 28.9. The molecule has 0 N–H and O–H groups in total. The molecule has 12 rings (SSSR count). The molecule has 4 heterocycles. The second-order valence-corrected chi connectivity index (χ2v) is 14.7. The molecule has 3 aliphatic rings. The maximum Gasteiger partial charge on any atom is 0.251 e. The number of rotatable bonds is 2. The van der Waals surface area contributed by atoms with Crippen molar-refractivity contribution in [3.8, 4) is 17.2 Å². The van der Waals surface area contributed by atoms with Crippen LogP contribution in [0.3, 0.4) is 0 Å². The highest BCUT2D eigenvalue weighted by Crippen LogP contribution is 2.48. The molecule has 0 saturated heterocycles. The molecule has 244 valence electrons. The lowest BCUT2D eigenvalue weighted by Gasteiger charge is -2.50. The van der Waals surface area contributed by atoms with Gasteiger partial charge in [-0.25, -0.2) is 0 Å². The standard InChI is InChI=1S/C49H31B2NO/c1-10-24-44-34(14-1)35-15-2-11-25-45(35)52(44)33-30-28-32(29-31-33)50-40-20-6-3-16-36(40)49(37-17-4-7-21-41(37)50)38-18-5-8-22-42(38)51-43-23-9-12-26-46(43)53-47-27-13-19-39(49)48(47)51/h1-31H. The van der Waals surface area contributed by atoms with Crippen LogP contribution in [0.15, 0.2) is 188 Å². The fourth-order valence-electron chi connectivity index (χ4n) is 10.4. The quantitative estimate of drug-likeness (QED) is 0.182. The van der Waals surface area contributed by atoms with Crippen LogP contribution in [0.2, 0.25) is 0 Å². The molecular formula is C49H31B2NO. The minimum Gasteiger partial charge on any atom is -0.458 e. The molecular weight excluding hydrogens is 640 g/mol. The number of nitrogens with zero attached hydrogens (tertiary/aromatic N) is 1. The van der Waals surface area contributed by atoms with Gasteiger partial charge in [0, 0.05) is 16.5 Å². The van der Waals surface area contributed by atoms with Gasteiger partial charge in [-0.15, -0.1) is 0 Å². The summed E-state index contributed by atoms with van der Waals surface area (Å²) < 4.78 is 9.14. The highest BCUT2D eigenvalue weighted by molar-refractivity contribution is 6.99. The van der Waals surface area contributed by atoms with E-state index >= 15 is 0 Å². The summed E-state index contributed by atoms with van der Waals surface area (Å²) in [6.45, 7) is 0.167. The summed E-state index contributed by atoms with van der Waals surface area (Å²) in [5.74, 6) is 1.90. The minimum atomic E-state index is -0.513. The van der Waals surface area contributed by atoms with E-state index in [0.717, 1.165) is 11.5 Å². The van der Waals surface area contributed by atoms with Gasteiger partial charge in [0.2, 0.25) is 6.71 Å². The van der Waals surface area contributed by atoms with E-state index in [1.165, 1.54) is 82.5 Å². The zero-order chi connectivity index (χ0) is 34.7. The molecule has 0 amide bonds. The first-order chi connectivity index (χ1) is 26.3. The number of hydrogen-bond donors (Lipinski definition) is 0.